The molecule has 0 fully saturated rings. The second-order valence-corrected chi connectivity index (χ2v) is 12.4. The van der Waals surface area contributed by atoms with Gasteiger partial charge in [0, 0.05) is 25.8 Å². The van der Waals surface area contributed by atoms with E-state index in [0.717, 1.165) is 22.6 Å². The van der Waals surface area contributed by atoms with E-state index in [1.54, 1.807) is 0 Å². The van der Waals surface area contributed by atoms with Gasteiger partial charge in [-0.1, -0.05) is 102 Å². The van der Waals surface area contributed by atoms with Gasteiger partial charge in [0.1, 0.15) is 5.82 Å². The van der Waals surface area contributed by atoms with Gasteiger partial charge in [-0.3, -0.25) is 9.36 Å². The number of hydrogen-bond donors (Lipinski definition) is 1. The van der Waals surface area contributed by atoms with Crippen molar-refractivity contribution in [3.63, 3.8) is 0 Å². The second-order valence-electron chi connectivity index (χ2n) is 12.4. The lowest BCUT2D eigenvalue weighted by atomic mass is 9.82. The Bertz CT molecular complexity index is 1390. The van der Waals surface area contributed by atoms with E-state index in [0.29, 0.717) is 5.39 Å². The van der Waals surface area contributed by atoms with Gasteiger partial charge in [0.2, 0.25) is 0 Å². The highest BCUT2D eigenvalue weighted by molar-refractivity contribution is 5.81. The molecule has 0 saturated heterocycles. The van der Waals surface area contributed by atoms with Crippen molar-refractivity contribution in [3.05, 3.63) is 106 Å². The number of aryl methyl sites for hydroxylation is 1. The predicted molar refractivity (Wildman–Crippen MR) is 162 cm³/mol. The summed E-state index contributed by atoms with van der Waals surface area (Å²) in [6.45, 7) is 14.9. The molecule has 1 aromatic heterocycles. The smallest absolute Gasteiger partial charge is 0.262 e. The molecule has 0 aliphatic heterocycles. The number of benzene rings is 3. The fourth-order valence-electron chi connectivity index (χ4n) is 4.71. The molecule has 4 aromatic rings. The highest BCUT2D eigenvalue weighted by atomic mass is 16.1. The first kappa shape index (κ1) is 29.1. The Morgan fingerprint density at radius 3 is 1.79 bits per heavy atom. The van der Waals surface area contributed by atoms with Gasteiger partial charge in [-0.2, -0.15) is 0 Å². The number of aromatic nitrogens is 2. The van der Waals surface area contributed by atoms with Crippen LogP contribution in [-0.4, -0.2) is 23.6 Å². The lowest BCUT2D eigenvalue weighted by Gasteiger charge is -2.34. The van der Waals surface area contributed by atoms with Crippen molar-refractivity contribution in [1.29, 1.82) is 0 Å². The van der Waals surface area contributed by atoms with Crippen molar-refractivity contribution in [2.75, 3.05) is 19.0 Å². The minimum absolute atomic E-state index is 0.0139. The number of anilines is 1. The average molecular weight is 513 g/mol. The van der Waals surface area contributed by atoms with Crippen molar-refractivity contribution in [2.45, 2.75) is 60.5 Å². The van der Waals surface area contributed by atoms with Crippen LogP contribution in [0.1, 0.15) is 70.6 Å². The molecular weight excluding hydrogens is 468 g/mol. The predicted octanol–water partition coefficient (Wildman–Crippen LogP) is 7.14. The van der Waals surface area contributed by atoms with E-state index >= 15 is 0 Å². The molecule has 2 atom stereocenters. The minimum Gasteiger partial charge on any atom is -0.378 e. The zero-order valence-electron chi connectivity index (χ0n) is 24.5. The lowest BCUT2D eigenvalue weighted by molar-refractivity contribution is 0.273. The summed E-state index contributed by atoms with van der Waals surface area (Å²) < 4.78 is 1.86. The van der Waals surface area contributed by atoms with Crippen LogP contribution in [0.25, 0.3) is 10.9 Å². The molecule has 1 heterocycles. The fraction of sp³-hybridized carbons (Fsp3) is 0.394. The third-order valence-corrected chi connectivity index (χ3v) is 6.86. The van der Waals surface area contributed by atoms with Crippen LogP contribution in [0, 0.1) is 17.8 Å². The number of hydrogen-bond acceptors (Lipinski definition) is 4. The van der Waals surface area contributed by atoms with Crippen LogP contribution < -0.4 is 16.2 Å². The molecule has 0 spiro atoms. The Morgan fingerprint density at radius 2 is 1.32 bits per heavy atom. The fourth-order valence-corrected chi connectivity index (χ4v) is 4.71. The van der Waals surface area contributed by atoms with Gasteiger partial charge in [-0.25, -0.2) is 4.98 Å². The van der Waals surface area contributed by atoms with Gasteiger partial charge in [0.25, 0.3) is 5.56 Å². The molecule has 0 aliphatic carbocycles. The minimum atomic E-state index is -0.134. The molecule has 0 amide bonds. The normalized spacial score (nSPS) is 13.4. The van der Waals surface area contributed by atoms with Crippen LogP contribution in [0.4, 0.5) is 5.69 Å². The SMILES string of the molecule is CC(C)(C)C(N)c1ccccc1.Cc1nc2ccc(N(C)C)cc2c(=O)n1C(c1ccccc1)C(C)(C)C. The largest absolute Gasteiger partial charge is 0.378 e. The molecule has 5 nitrogen and oxygen atoms in total. The van der Waals surface area contributed by atoms with Gasteiger partial charge in [-0.15, -0.1) is 0 Å². The Kier molecular flexibility index (Phi) is 8.83. The zero-order valence-corrected chi connectivity index (χ0v) is 24.5. The van der Waals surface area contributed by atoms with Crippen LogP contribution in [0.15, 0.2) is 83.7 Å². The van der Waals surface area contributed by atoms with Crippen LogP contribution >= 0.6 is 0 Å². The van der Waals surface area contributed by atoms with E-state index in [9.17, 15) is 4.79 Å². The van der Waals surface area contributed by atoms with E-state index in [2.05, 4.69) is 65.8 Å². The van der Waals surface area contributed by atoms with Crippen LogP contribution in [0.3, 0.4) is 0 Å². The van der Waals surface area contributed by atoms with E-state index < -0.39 is 0 Å². The number of fused-ring (bicyclic) bond motifs is 1. The topological polar surface area (TPSA) is 64.2 Å². The average Bonchev–Trinajstić information content (AvgIpc) is 2.86. The van der Waals surface area contributed by atoms with Crippen molar-refractivity contribution in [3.8, 4) is 0 Å². The summed E-state index contributed by atoms with van der Waals surface area (Å²) in [6.07, 6.45) is 0. The summed E-state index contributed by atoms with van der Waals surface area (Å²) in [6, 6.07) is 26.3. The molecule has 5 heteroatoms. The molecule has 2 N–H and O–H groups in total. The summed E-state index contributed by atoms with van der Waals surface area (Å²) in [7, 11) is 3.95. The standard InChI is InChI=1S/C22H27N3O.C11H17N/c1-15-23-19-13-12-17(24(5)6)14-18(19)21(26)25(15)20(22(2,3)4)16-10-8-7-9-11-16;1-11(2,3)10(12)9-7-5-4-6-8-9/h7-14,20H,1-6H3;4-8,10H,12H2,1-3H3. The molecule has 0 aliphatic rings. The molecule has 0 saturated carbocycles. The van der Waals surface area contributed by atoms with Crippen LogP contribution in [0.2, 0.25) is 0 Å². The Morgan fingerprint density at radius 1 is 0.789 bits per heavy atom. The Hall–Kier alpha value is -3.44. The first-order valence-electron chi connectivity index (χ1n) is 13.3. The molecule has 2 unspecified atom stereocenters. The summed E-state index contributed by atoms with van der Waals surface area (Å²) in [5.74, 6) is 0.740. The highest BCUT2D eigenvalue weighted by Gasteiger charge is 2.30. The van der Waals surface area contributed by atoms with E-state index in [1.165, 1.54) is 5.56 Å². The first-order valence-corrected chi connectivity index (χ1v) is 13.3. The van der Waals surface area contributed by atoms with Crippen LogP contribution in [0.5, 0.6) is 0 Å². The number of nitrogens with two attached hydrogens (primary N) is 1. The van der Waals surface area contributed by atoms with E-state index in [-0.39, 0.29) is 28.5 Å². The quantitative estimate of drug-likeness (QED) is 0.316. The molecule has 38 heavy (non-hydrogen) atoms. The van der Waals surface area contributed by atoms with Gasteiger partial charge in [-0.05, 0) is 47.1 Å². The van der Waals surface area contributed by atoms with Crippen molar-refractivity contribution < 1.29 is 0 Å². The van der Waals surface area contributed by atoms with Gasteiger partial charge >= 0.3 is 0 Å². The highest BCUT2D eigenvalue weighted by Crippen LogP contribution is 2.36. The Balaban J connectivity index is 0.000000279. The summed E-state index contributed by atoms with van der Waals surface area (Å²) in [4.78, 5) is 20.2. The maximum absolute atomic E-state index is 13.5. The monoisotopic (exact) mass is 512 g/mol. The summed E-state index contributed by atoms with van der Waals surface area (Å²) in [5.41, 5.74) is 10.2. The van der Waals surface area contributed by atoms with Gasteiger partial charge in [0.15, 0.2) is 0 Å². The molecule has 202 valence electrons. The zero-order chi connectivity index (χ0) is 28.3. The van der Waals surface area contributed by atoms with Gasteiger partial charge in [0.05, 0.1) is 16.9 Å². The summed E-state index contributed by atoms with van der Waals surface area (Å²) in [5, 5.41) is 0.659. The van der Waals surface area contributed by atoms with E-state index in [1.807, 2.05) is 85.1 Å². The molecule has 3 aromatic carbocycles. The maximum atomic E-state index is 13.5. The molecule has 4 rings (SSSR count). The third-order valence-electron chi connectivity index (χ3n) is 6.86. The Labute approximate surface area is 228 Å². The first-order chi connectivity index (χ1) is 17.7. The molecule has 0 radical (unpaired) electrons. The van der Waals surface area contributed by atoms with Gasteiger partial charge < -0.3 is 10.6 Å². The van der Waals surface area contributed by atoms with Crippen molar-refractivity contribution in [1.82, 2.24) is 9.55 Å². The number of rotatable bonds is 4. The molecular formula is C33H44N4O. The third kappa shape index (κ3) is 6.70. The van der Waals surface area contributed by atoms with Crippen molar-refractivity contribution in [2.24, 2.45) is 16.6 Å². The number of nitrogens with zero attached hydrogens (tertiary/aromatic N) is 3. The van der Waals surface area contributed by atoms with E-state index in [4.69, 9.17) is 10.7 Å². The maximum Gasteiger partial charge on any atom is 0.262 e. The second kappa shape index (κ2) is 11.5. The lowest BCUT2D eigenvalue weighted by Crippen LogP contribution is -2.35. The summed E-state index contributed by atoms with van der Waals surface area (Å²) >= 11 is 0. The van der Waals surface area contributed by atoms with Crippen LogP contribution in [-0.2, 0) is 0 Å². The molecule has 0 bridgehead atoms. The van der Waals surface area contributed by atoms with Crippen molar-refractivity contribution >= 4 is 16.6 Å².